The predicted octanol–water partition coefficient (Wildman–Crippen LogP) is 3.27. The topological polar surface area (TPSA) is 58.6 Å². The number of carbonyl (C=O) groups excluding carboxylic acids is 2. The molecule has 1 aliphatic carbocycles. The van der Waals surface area contributed by atoms with Crippen LogP contribution in [0.2, 0.25) is 0 Å². The third kappa shape index (κ3) is 3.67. The number of ether oxygens (including phenoxy) is 1. The molecule has 2 aliphatic rings. The second-order valence-corrected chi connectivity index (χ2v) is 9.04. The number of nitrogens with zero attached hydrogens (tertiary/aromatic N) is 1. The van der Waals surface area contributed by atoms with Gasteiger partial charge in [-0.3, -0.25) is 9.59 Å². The van der Waals surface area contributed by atoms with E-state index in [9.17, 15) is 9.59 Å². The van der Waals surface area contributed by atoms with E-state index in [2.05, 4.69) is 36.3 Å². The SMILES string of the molecule is COC(=O)C(C)(C)C1=CC(NC(=O)C(C)(C)C2CC(C)=CN2C)CC1C. The number of esters is 1. The molecule has 0 saturated heterocycles. The highest BCUT2D eigenvalue weighted by Gasteiger charge is 2.43. The minimum absolute atomic E-state index is 0.0449. The van der Waals surface area contributed by atoms with Crippen molar-refractivity contribution in [3.05, 3.63) is 23.4 Å². The standard InChI is InChI=1S/C21H34N2O3/c1-13-9-17(23(7)12-13)21(5,6)18(24)22-15-10-14(2)16(11-15)20(3,4)19(25)26-8/h11-12,14-15,17H,9-10H2,1-8H3,(H,22,24). The van der Waals surface area contributed by atoms with Crippen LogP contribution in [0.25, 0.3) is 0 Å². The molecule has 1 aliphatic heterocycles. The first-order valence-electron chi connectivity index (χ1n) is 9.42. The fourth-order valence-electron chi connectivity index (χ4n) is 4.46. The molecule has 146 valence electrons. The molecule has 5 nitrogen and oxygen atoms in total. The first-order chi connectivity index (χ1) is 11.9. The minimum Gasteiger partial charge on any atom is -0.468 e. The fourth-order valence-corrected chi connectivity index (χ4v) is 4.46. The normalized spacial score (nSPS) is 26.5. The van der Waals surface area contributed by atoms with Crippen LogP contribution < -0.4 is 5.32 Å². The summed E-state index contributed by atoms with van der Waals surface area (Å²) in [5, 5.41) is 3.20. The molecule has 0 aromatic heterocycles. The van der Waals surface area contributed by atoms with E-state index in [1.54, 1.807) is 0 Å². The van der Waals surface area contributed by atoms with Gasteiger partial charge in [-0.05, 0) is 59.6 Å². The van der Waals surface area contributed by atoms with Crippen molar-refractivity contribution in [2.45, 2.75) is 66.5 Å². The number of rotatable bonds is 5. The lowest BCUT2D eigenvalue weighted by Crippen LogP contribution is -2.50. The fraction of sp³-hybridized carbons (Fsp3) is 0.714. The molecule has 26 heavy (non-hydrogen) atoms. The average Bonchev–Trinajstić information content (AvgIpc) is 3.08. The highest BCUT2D eigenvalue weighted by molar-refractivity contribution is 5.84. The number of amides is 1. The van der Waals surface area contributed by atoms with Crippen LogP contribution in [0.4, 0.5) is 0 Å². The smallest absolute Gasteiger partial charge is 0.315 e. The zero-order chi connectivity index (χ0) is 19.9. The van der Waals surface area contributed by atoms with Crippen LogP contribution in [-0.4, -0.2) is 43.0 Å². The second-order valence-electron chi connectivity index (χ2n) is 9.04. The van der Waals surface area contributed by atoms with Gasteiger partial charge in [0.15, 0.2) is 0 Å². The Balaban J connectivity index is 2.11. The number of hydrogen-bond donors (Lipinski definition) is 1. The quantitative estimate of drug-likeness (QED) is 0.602. The van der Waals surface area contributed by atoms with Gasteiger partial charge < -0.3 is 15.0 Å². The Bertz CT molecular complexity index is 646. The van der Waals surface area contributed by atoms with E-state index in [1.165, 1.54) is 12.7 Å². The summed E-state index contributed by atoms with van der Waals surface area (Å²) in [4.78, 5) is 27.3. The maximum atomic E-state index is 13.0. The van der Waals surface area contributed by atoms with Crippen LogP contribution in [-0.2, 0) is 14.3 Å². The zero-order valence-corrected chi connectivity index (χ0v) is 17.5. The van der Waals surface area contributed by atoms with E-state index in [0.717, 1.165) is 18.4 Å². The number of carbonyl (C=O) groups is 2. The summed E-state index contributed by atoms with van der Waals surface area (Å²) < 4.78 is 4.96. The molecule has 1 N–H and O–H groups in total. The van der Waals surface area contributed by atoms with Crippen LogP contribution in [0, 0.1) is 16.7 Å². The molecule has 1 heterocycles. The molecule has 0 bridgehead atoms. The minimum atomic E-state index is -0.671. The van der Waals surface area contributed by atoms with Crippen LogP contribution in [0.15, 0.2) is 23.4 Å². The highest BCUT2D eigenvalue weighted by atomic mass is 16.5. The van der Waals surface area contributed by atoms with Gasteiger partial charge in [-0.1, -0.05) is 24.1 Å². The molecule has 1 amide bonds. The molecule has 0 spiro atoms. The molecule has 0 fully saturated rings. The lowest BCUT2D eigenvalue weighted by atomic mass is 9.79. The van der Waals surface area contributed by atoms with Crippen molar-refractivity contribution in [3.63, 3.8) is 0 Å². The Kier molecular flexibility index (Phi) is 5.60. The Morgan fingerprint density at radius 1 is 1.27 bits per heavy atom. The van der Waals surface area contributed by atoms with E-state index in [0.29, 0.717) is 0 Å². The van der Waals surface area contributed by atoms with Gasteiger partial charge >= 0.3 is 5.97 Å². The van der Waals surface area contributed by atoms with Gasteiger partial charge in [0.25, 0.3) is 0 Å². The third-order valence-corrected chi connectivity index (χ3v) is 6.10. The van der Waals surface area contributed by atoms with Gasteiger partial charge in [0.05, 0.1) is 17.9 Å². The molecule has 3 unspecified atom stereocenters. The molecular weight excluding hydrogens is 328 g/mol. The first kappa shape index (κ1) is 20.5. The summed E-state index contributed by atoms with van der Waals surface area (Å²) in [7, 11) is 3.45. The average molecular weight is 363 g/mol. The summed E-state index contributed by atoms with van der Waals surface area (Å²) >= 11 is 0. The van der Waals surface area contributed by atoms with E-state index in [1.807, 2.05) is 34.7 Å². The molecule has 2 rings (SSSR count). The molecular formula is C21H34N2O3. The predicted molar refractivity (Wildman–Crippen MR) is 103 cm³/mol. The Morgan fingerprint density at radius 2 is 1.88 bits per heavy atom. The summed E-state index contributed by atoms with van der Waals surface area (Å²) in [5.41, 5.74) is 1.18. The van der Waals surface area contributed by atoms with Crippen molar-refractivity contribution in [1.29, 1.82) is 0 Å². The van der Waals surface area contributed by atoms with E-state index >= 15 is 0 Å². The van der Waals surface area contributed by atoms with Crippen molar-refractivity contribution < 1.29 is 14.3 Å². The molecule has 0 aromatic carbocycles. The highest BCUT2D eigenvalue weighted by Crippen LogP contribution is 2.40. The summed E-state index contributed by atoms with van der Waals surface area (Å²) in [6.45, 7) is 12.0. The van der Waals surface area contributed by atoms with E-state index < -0.39 is 10.8 Å². The summed E-state index contributed by atoms with van der Waals surface area (Å²) in [6, 6.07) is 0.118. The number of methoxy groups -OCH3 is 1. The summed E-state index contributed by atoms with van der Waals surface area (Å²) in [6.07, 6.45) is 5.90. The maximum absolute atomic E-state index is 13.0. The lowest BCUT2D eigenvalue weighted by Gasteiger charge is -2.36. The summed E-state index contributed by atoms with van der Waals surface area (Å²) in [5.74, 6) is 0.0515. The monoisotopic (exact) mass is 362 g/mol. The van der Waals surface area contributed by atoms with Crippen LogP contribution >= 0.6 is 0 Å². The van der Waals surface area contributed by atoms with Crippen molar-refractivity contribution >= 4 is 11.9 Å². The van der Waals surface area contributed by atoms with Crippen LogP contribution in [0.3, 0.4) is 0 Å². The van der Waals surface area contributed by atoms with Gasteiger partial charge in [0, 0.05) is 19.1 Å². The molecule has 0 radical (unpaired) electrons. The Morgan fingerprint density at radius 3 is 2.38 bits per heavy atom. The molecule has 3 atom stereocenters. The molecule has 0 aromatic rings. The van der Waals surface area contributed by atoms with Crippen molar-refractivity contribution in [1.82, 2.24) is 10.2 Å². The van der Waals surface area contributed by atoms with E-state index in [-0.39, 0.29) is 29.9 Å². The zero-order valence-electron chi connectivity index (χ0n) is 17.5. The van der Waals surface area contributed by atoms with Crippen molar-refractivity contribution in [3.8, 4) is 0 Å². The van der Waals surface area contributed by atoms with Crippen molar-refractivity contribution in [2.75, 3.05) is 14.2 Å². The van der Waals surface area contributed by atoms with Crippen LogP contribution in [0.5, 0.6) is 0 Å². The first-order valence-corrected chi connectivity index (χ1v) is 9.42. The molecule has 5 heteroatoms. The van der Waals surface area contributed by atoms with Crippen LogP contribution in [0.1, 0.15) is 54.4 Å². The Labute approximate surface area is 157 Å². The maximum Gasteiger partial charge on any atom is 0.315 e. The van der Waals surface area contributed by atoms with E-state index in [4.69, 9.17) is 4.74 Å². The number of hydrogen-bond acceptors (Lipinski definition) is 4. The third-order valence-electron chi connectivity index (χ3n) is 6.10. The largest absolute Gasteiger partial charge is 0.468 e. The Hall–Kier alpha value is -1.78. The lowest BCUT2D eigenvalue weighted by molar-refractivity contribution is -0.148. The van der Waals surface area contributed by atoms with Gasteiger partial charge in [0.1, 0.15) is 0 Å². The molecule has 0 saturated carbocycles. The second kappa shape index (κ2) is 7.09. The van der Waals surface area contributed by atoms with Gasteiger partial charge in [-0.25, -0.2) is 0 Å². The van der Waals surface area contributed by atoms with Gasteiger partial charge in [-0.2, -0.15) is 0 Å². The number of nitrogens with one attached hydrogen (secondary N) is 1. The van der Waals surface area contributed by atoms with Gasteiger partial charge in [-0.15, -0.1) is 0 Å². The van der Waals surface area contributed by atoms with Crippen molar-refractivity contribution in [2.24, 2.45) is 16.7 Å². The van der Waals surface area contributed by atoms with Gasteiger partial charge in [0.2, 0.25) is 5.91 Å².